The van der Waals surface area contributed by atoms with E-state index in [0.29, 0.717) is 35.6 Å². The van der Waals surface area contributed by atoms with Crippen molar-refractivity contribution in [3.05, 3.63) is 57.7 Å². The number of hydrogen-bond acceptors (Lipinski definition) is 9. The lowest BCUT2D eigenvalue weighted by atomic mass is 9.96. The molecule has 0 aliphatic carbocycles. The van der Waals surface area contributed by atoms with Crippen LogP contribution in [-0.4, -0.2) is 55.0 Å². The number of fused-ring (bicyclic) bond motifs is 1. The van der Waals surface area contributed by atoms with Crippen molar-refractivity contribution in [2.75, 3.05) is 38.3 Å². The number of methoxy groups -OCH3 is 1. The Kier molecular flexibility index (Phi) is 11.0. The van der Waals surface area contributed by atoms with E-state index in [0.717, 1.165) is 60.0 Å². The monoisotopic (exact) mass is 613 g/mol. The maximum Gasteiger partial charge on any atom is 0.309 e. The number of carbonyl (C=O) groups excluding carboxylic acids is 1. The van der Waals surface area contributed by atoms with Gasteiger partial charge in [-0.25, -0.2) is 9.37 Å². The molecule has 2 aliphatic rings. The molecule has 8 nitrogen and oxygen atoms in total. The number of halogens is 1. The Morgan fingerprint density at radius 2 is 1.91 bits per heavy atom. The third-order valence-corrected chi connectivity index (χ3v) is 8.28. The average molecular weight is 614 g/mol. The normalized spacial score (nSPS) is 15.3. The third-order valence-electron chi connectivity index (χ3n) is 7.38. The highest BCUT2D eigenvalue weighted by molar-refractivity contribution is 7.14. The summed E-state index contributed by atoms with van der Waals surface area (Å²) in [4.78, 5) is 19.7. The Labute approximate surface area is 258 Å². The summed E-state index contributed by atoms with van der Waals surface area (Å²) >= 11 is 1.58. The molecule has 0 spiro atoms. The summed E-state index contributed by atoms with van der Waals surface area (Å²) in [6, 6.07) is 7.71. The minimum Gasteiger partial charge on any atom is -0.496 e. The molecule has 43 heavy (non-hydrogen) atoms. The van der Waals surface area contributed by atoms with Crippen molar-refractivity contribution in [1.82, 2.24) is 10.3 Å². The van der Waals surface area contributed by atoms with Gasteiger partial charge in [0.25, 0.3) is 0 Å². The average Bonchev–Trinajstić information content (AvgIpc) is 3.47. The molecule has 234 valence electrons. The number of benzene rings is 2. The Balaban J connectivity index is 0.00000135. The van der Waals surface area contributed by atoms with Crippen LogP contribution in [0, 0.1) is 18.7 Å². The predicted molar refractivity (Wildman–Crippen MR) is 169 cm³/mol. The maximum atomic E-state index is 15.4. The van der Waals surface area contributed by atoms with Crippen LogP contribution in [0.3, 0.4) is 0 Å². The van der Waals surface area contributed by atoms with E-state index in [9.17, 15) is 4.79 Å². The van der Waals surface area contributed by atoms with Crippen LogP contribution >= 0.6 is 11.3 Å². The van der Waals surface area contributed by atoms with Crippen molar-refractivity contribution in [2.45, 2.75) is 72.6 Å². The first-order valence-corrected chi connectivity index (χ1v) is 15.8. The van der Waals surface area contributed by atoms with Crippen molar-refractivity contribution in [3.8, 4) is 22.8 Å². The number of rotatable bonds is 7. The molecule has 2 N–H and O–H groups in total. The quantitative estimate of drug-likeness (QED) is 0.312. The molecule has 1 fully saturated rings. The molecule has 0 amide bonds. The van der Waals surface area contributed by atoms with Gasteiger partial charge in [-0.1, -0.05) is 11.6 Å². The van der Waals surface area contributed by atoms with Crippen molar-refractivity contribution < 1.29 is 28.5 Å². The lowest BCUT2D eigenvalue weighted by molar-refractivity contribution is -0.160. The van der Waals surface area contributed by atoms with E-state index in [4.69, 9.17) is 24.3 Å². The molecule has 0 atom stereocenters. The summed E-state index contributed by atoms with van der Waals surface area (Å²) in [5.41, 5.74) is 4.39. The van der Waals surface area contributed by atoms with Crippen LogP contribution in [0.4, 0.5) is 9.52 Å². The van der Waals surface area contributed by atoms with Gasteiger partial charge in [0, 0.05) is 48.3 Å². The third kappa shape index (κ3) is 8.25. The number of piperidine rings is 1. The molecule has 10 heteroatoms. The van der Waals surface area contributed by atoms with E-state index in [2.05, 4.69) is 16.3 Å². The van der Waals surface area contributed by atoms with Gasteiger partial charge in [0.1, 0.15) is 29.5 Å². The number of aliphatic hydroxyl groups excluding tert-OH is 1. The Bertz CT molecular complexity index is 1400. The van der Waals surface area contributed by atoms with Crippen molar-refractivity contribution in [2.24, 2.45) is 5.92 Å². The highest BCUT2D eigenvalue weighted by Crippen LogP contribution is 2.37. The van der Waals surface area contributed by atoms with Crippen LogP contribution in [0.5, 0.6) is 11.5 Å². The first kappa shape index (κ1) is 32.7. The molecule has 0 saturated carbocycles. The largest absolute Gasteiger partial charge is 0.496 e. The smallest absolute Gasteiger partial charge is 0.309 e. The number of aromatic nitrogens is 1. The zero-order valence-corrected chi connectivity index (χ0v) is 26.9. The van der Waals surface area contributed by atoms with Gasteiger partial charge in [0.2, 0.25) is 0 Å². The summed E-state index contributed by atoms with van der Waals surface area (Å²) in [5, 5.41) is 13.8. The number of ether oxygens (including phenoxy) is 3. The Hall–Kier alpha value is -3.21. The fourth-order valence-electron chi connectivity index (χ4n) is 5.30. The molecule has 0 unspecified atom stereocenters. The number of thiazole rings is 1. The number of hydrogen-bond donors (Lipinski definition) is 2. The molecule has 2 aromatic carbocycles. The van der Waals surface area contributed by atoms with Gasteiger partial charge in [-0.05, 0) is 84.2 Å². The molecule has 2 aliphatic heterocycles. The molecule has 1 saturated heterocycles. The first-order valence-electron chi connectivity index (χ1n) is 14.9. The number of nitrogens with zero attached hydrogens (tertiary/aromatic N) is 2. The van der Waals surface area contributed by atoms with Gasteiger partial charge in [-0.2, -0.15) is 0 Å². The van der Waals surface area contributed by atoms with Crippen LogP contribution < -0.4 is 19.7 Å². The molecule has 3 aromatic rings. The van der Waals surface area contributed by atoms with Gasteiger partial charge in [0.15, 0.2) is 5.13 Å². The number of esters is 1. The van der Waals surface area contributed by atoms with Crippen LogP contribution in [-0.2, 0) is 29.1 Å². The molecule has 3 heterocycles. The summed E-state index contributed by atoms with van der Waals surface area (Å²) in [7, 11) is 1.62. The zero-order chi connectivity index (χ0) is 31.1. The summed E-state index contributed by atoms with van der Waals surface area (Å²) in [5.74, 6) is 0.940. The van der Waals surface area contributed by atoms with Gasteiger partial charge in [-0.15, -0.1) is 11.3 Å². The summed E-state index contributed by atoms with van der Waals surface area (Å²) in [6.07, 6.45) is 2.11. The van der Waals surface area contributed by atoms with Crippen LogP contribution in [0.1, 0.15) is 62.8 Å². The lowest BCUT2D eigenvalue weighted by Gasteiger charge is -2.32. The number of anilines is 1. The number of carbonyl (C=O) groups is 1. The SMILES string of the molecule is CCO.COc1cc(COc2ccc(C)cc2-c2csc(N3CCC(C(=O)OC(C)(C)C)CC3)n2)c(F)c2c1CNCC2. The standard InChI is InChI=1S/C31H38FN3O4S.C2H6O/c1-19-6-7-26(38-17-21-15-27(37-5)24-16-33-11-8-22(24)28(21)32)23(14-19)25-18-40-30(34-25)35-12-9-20(10-13-35)29(36)39-31(2,3)4;1-2-3/h6-7,14-15,18,20,33H,8-13,16-17H2,1-5H3;3H,2H2,1H3. The Morgan fingerprint density at radius 3 is 2.58 bits per heavy atom. The van der Waals surface area contributed by atoms with E-state index in [1.54, 1.807) is 31.4 Å². The number of nitrogens with one attached hydrogen (secondary N) is 1. The second-order valence-corrected chi connectivity index (χ2v) is 12.7. The van der Waals surface area contributed by atoms with E-state index in [1.165, 1.54) is 0 Å². The van der Waals surface area contributed by atoms with Gasteiger partial charge in [-0.3, -0.25) is 4.79 Å². The molecule has 5 rings (SSSR count). The number of aliphatic hydroxyl groups is 1. The second kappa shape index (κ2) is 14.5. The molecule has 0 radical (unpaired) electrons. The van der Waals surface area contributed by atoms with E-state index < -0.39 is 5.60 Å². The minimum absolute atomic E-state index is 0.0782. The van der Waals surface area contributed by atoms with Crippen molar-refractivity contribution in [3.63, 3.8) is 0 Å². The van der Waals surface area contributed by atoms with E-state index in [1.807, 2.05) is 45.2 Å². The van der Waals surface area contributed by atoms with E-state index in [-0.39, 0.29) is 30.9 Å². The number of aryl methyl sites for hydroxylation is 1. The fraction of sp³-hybridized carbons (Fsp3) is 0.515. The highest BCUT2D eigenvalue weighted by Gasteiger charge is 2.30. The molecule has 0 bridgehead atoms. The molecule has 1 aromatic heterocycles. The Morgan fingerprint density at radius 1 is 1.19 bits per heavy atom. The molecular weight excluding hydrogens is 569 g/mol. The van der Waals surface area contributed by atoms with Crippen LogP contribution in [0.2, 0.25) is 0 Å². The van der Waals surface area contributed by atoms with Crippen molar-refractivity contribution in [1.29, 1.82) is 0 Å². The second-order valence-electron chi connectivity index (χ2n) is 11.9. The lowest BCUT2D eigenvalue weighted by Crippen LogP contribution is -2.38. The minimum atomic E-state index is -0.471. The fourth-order valence-corrected chi connectivity index (χ4v) is 6.18. The maximum absolute atomic E-state index is 15.4. The molecular formula is C33H44FN3O5S. The zero-order valence-electron chi connectivity index (χ0n) is 26.1. The van der Waals surface area contributed by atoms with Gasteiger partial charge >= 0.3 is 5.97 Å². The highest BCUT2D eigenvalue weighted by atomic mass is 32.1. The van der Waals surface area contributed by atoms with Gasteiger partial charge in [0.05, 0.1) is 18.7 Å². The first-order chi connectivity index (χ1) is 20.5. The topological polar surface area (TPSA) is 93.2 Å². The predicted octanol–water partition coefficient (Wildman–Crippen LogP) is 6.05. The van der Waals surface area contributed by atoms with Gasteiger partial charge < -0.3 is 29.5 Å². The van der Waals surface area contributed by atoms with Crippen LogP contribution in [0.15, 0.2) is 29.6 Å². The van der Waals surface area contributed by atoms with E-state index >= 15 is 4.39 Å². The summed E-state index contributed by atoms with van der Waals surface area (Å²) in [6.45, 7) is 12.6. The van der Waals surface area contributed by atoms with Crippen LogP contribution in [0.25, 0.3) is 11.3 Å². The van der Waals surface area contributed by atoms with Crippen molar-refractivity contribution >= 4 is 22.4 Å². The summed E-state index contributed by atoms with van der Waals surface area (Å²) < 4.78 is 32.8.